The third-order valence-electron chi connectivity index (χ3n) is 6.69. The number of aliphatic carboxylic acids is 1. The highest BCUT2D eigenvalue weighted by Gasteiger charge is 2.73. The van der Waals surface area contributed by atoms with Gasteiger partial charge in [0.05, 0.1) is 5.41 Å². The zero-order valence-electron chi connectivity index (χ0n) is 10.9. The van der Waals surface area contributed by atoms with E-state index in [-0.39, 0.29) is 16.7 Å². The fourth-order valence-corrected chi connectivity index (χ4v) is 5.44. The second kappa shape index (κ2) is 2.96. The molecule has 0 spiro atoms. The van der Waals surface area contributed by atoms with Gasteiger partial charge in [-0.15, -0.1) is 0 Å². The molecule has 2 nitrogen and oxygen atoms in total. The van der Waals surface area contributed by atoms with E-state index in [9.17, 15) is 9.90 Å². The van der Waals surface area contributed by atoms with Gasteiger partial charge in [-0.2, -0.15) is 0 Å². The first kappa shape index (κ1) is 11.3. The van der Waals surface area contributed by atoms with Crippen LogP contribution < -0.4 is 0 Å². The summed E-state index contributed by atoms with van der Waals surface area (Å²) < 4.78 is 0. The number of carbonyl (C=O) groups is 1. The van der Waals surface area contributed by atoms with Gasteiger partial charge in [-0.25, -0.2) is 0 Å². The van der Waals surface area contributed by atoms with Crippen LogP contribution in [0.5, 0.6) is 0 Å². The molecule has 3 saturated carbocycles. The quantitative estimate of drug-likeness (QED) is 0.703. The SMILES string of the molecule is C=C1CC[C@@]2(C)C[C@@H]1[C@]1(C(=O)O)CCC[C@]21C. The Kier molecular flexibility index (Phi) is 1.97. The number of hydrogen-bond donors (Lipinski definition) is 1. The molecule has 0 heterocycles. The zero-order valence-corrected chi connectivity index (χ0v) is 10.9. The first-order valence-corrected chi connectivity index (χ1v) is 6.78. The van der Waals surface area contributed by atoms with E-state index in [2.05, 4.69) is 20.4 Å². The molecular formula is C15H22O2. The maximum Gasteiger partial charge on any atom is 0.310 e. The molecule has 1 N–H and O–H groups in total. The lowest BCUT2D eigenvalue weighted by atomic mass is 9.58. The minimum absolute atomic E-state index is 0.0179. The molecule has 3 aliphatic rings. The minimum atomic E-state index is -0.561. The summed E-state index contributed by atoms with van der Waals surface area (Å²) in [5, 5.41) is 9.88. The highest BCUT2D eigenvalue weighted by atomic mass is 16.4. The van der Waals surface area contributed by atoms with E-state index < -0.39 is 11.4 Å². The highest BCUT2D eigenvalue weighted by Crippen LogP contribution is 2.77. The molecule has 3 rings (SSSR count). The van der Waals surface area contributed by atoms with Gasteiger partial charge in [-0.3, -0.25) is 4.79 Å². The van der Waals surface area contributed by atoms with Crippen molar-refractivity contribution in [3.8, 4) is 0 Å². The van der Waals surface area contributed by atoms with Crippen LogP contribution >= 0.6 is 0 Å². The maximum absolute atomic E-state index is 12.0. The van der Waals surface area contributed by atoms with Gasteiger partial charge in [-0.1, -0.05) is 32.4 Å². The van der Waals surface area contributed by atoms with Gasteiger partial charge in [0.15, 0.2) is 0 Å². The van der Waals surface area contributed by atoms with Gasteiger partial charge in [0.1, 0.15) is 0 Å². The fraction of sp³-hybridized carbons (Fsp3) is 0.800. The number of rotatable bonds is 1. The van der Waals surface area contributed by atoms with Crippen molar-refractivity contribution in [3.63, 3.8) is 0 Å². The molecule has 0 saturated heterocycles. The van der Waals surface area contributed by atoms with Gasteiger partial charge in [-0.05, 0) is 48.9 Å². The summed E-state index contributed by atoms with van der Waals surface area (Å²) in [6.07, 6.45) is 6.23. The normalized spacial score (nSPS) is 52.6. The monoisotopic (exact) mass is 234 g/mol. The van der Waals surface area contributed by atoms with Crippen molar-refractivity contribution in [1.29, 1.82) is 0 Å². The molecule has 0 aromatic heterocycles. The van der Waals surface area contributed by atoms with Crippen LogP contribution in [-0.2, 0) is 4.79 Å². The standard InChI is InChI=1S/C15H22O2/c1-10-5-8-13(2)9-11(10)15(12(16)17)7-4-6-14(13,15)3/h11H,1,4-9H2,2-3H3,(H,16,17)/t11-,13-,14+,15-/m0/s1. The second-order valence-electron chi connectivity index (χ2n) is 6.94. The summed E-state index contributed by atoms with van der Waals surface area (Å²) in [5.74, 6) is -0.333. The second-order valence-corrected chi connectivity index (χ2v) is 6.94. The number of carboxylic acid groups (broad SMARTS) is 1. The molecular weight excluding hydrogens is 212 g/mol. The van der Waals surface area contributed by atoms with Crippen molar-refractivity contribution >= 4 is 5.97 Å². The minimum Gasteiger partial charge on any atom is -0.481 e. The van der Waals surface area contributed by atoms with Crippen LogP contribution in [0.3, 0.4) is 0 Å². The summed E-state index contributed by atoms with van der Waals surface area (Å²) in [4.78, 5) is 12.0. The molecule has 0 unspecified atom stereocenters. The van der Waals surface area contributed by atoms with E-state index in [0.717, 1.165) is 38.5 Å². The first-order chi connectivity index (χ1) is 7.87. The average Bonchev–Trinajstić information content (AvgIpc) is 2.68. The molecule has 0 amide bonds. The highest BCUT2D eigenvalue weighted by molar-refractivity contribution is 5.78. The molecule has 3 aliphatic carbocycles. The van der Waals surface area contributed by atoms with Crippen LogP contribution in [0.25, 0.3) is 0 Å². The van der Waals surface area contributed by atoms with E-state index in [4.69, 9.17) is 0 Å². The molecule has 3 fully saturated rings. The summed E-state index contributed by atoms with van der Waals surface area (Å²) in [5.41, 5.74) is 0.898. The Morgan fingerprint density at radius 1 is 1.35 bits per heavy atom. The molecule has 0 radical (unpaired) electrons. The van der Waals surface area contributed by atoms with Crippen LogP contribution in [0.1, 0.15) is 52.4 Å². The Balaban J connectivity index is 2.23. The van der Waals surface area contributed by atoms with Crippen molar-refractivity contribution in [2.24, 2.45) is 22.2 Å². The lowest BCUT2D eigenvalue weighted by Gasteiger charge is -2.44. The number of carboxylic acids is 1. The molecule has 2 bridgehead atoms. The summed E-state index contributed by atoms with van der Waals surface area (Å²) >= 11 is 0. The number of hydrogen-bond acceptors (Lipinski definition) is 1. The largest absolute Gasteiger partial charge is 0.481 e. The van der Waals surface area contributed by atoms with Gasteiger partial charge in [0.2, 0.25) is 0 Å². The molecule has 2 heteroatoms. The zero-order chi connectivity index (χ0) is 12.5. The topological polar surface area (TPSA) is 37.3 Å². The lowest BCUT2D eigenvalue weighted by molar-refractivity contribution is -0.158. The van der Waals surface area contributed by atoms with Gasteiger partial charge >= 0.3 is 5.97 Å². The third kappa shape index (κ3) is 0.974. The molecule has 17 heavy (non-hydrogen) atoms. The van der Waals surface area contributed by atoms with Gasteiger partial charge in [0.25, 0.3) is 0 Å². The van der Waals surface area contributed by atoms with E-state index in [1.807, 2.05) is 0 Å². The Hall–Kier alpha value is -0.790. The molecule has 94 valence electrons. The van der Waals surface area contributed by atoms with Crippen molar-refractivity contribution < 1.29 is 9.90 Å². The van der Waals surface area contributed by atoms with Crippen LogP contribution in [-0.4, -0.2) is 11.1 Å². The van der Waals surface area contributed by atoms with Crippen LogP contribution in [0.2, 0.25) is 0 Å². The molecule has 4 atom stereocenters. The van der Waals surface area contributed by atoms with Crippen molar-refractivity contribution in [2.75, 3.05) is 0 Å². The Labute approximate surface area is 103 Å². The van der Waals surface area contributed by atoms with E-state index in [1.54, 1.807) is 0 Å². The predicted molar refractivity (Wildman–Crippen MR) is 66.6 cm³/mol. The fourth-order valence-electron chi connectivity index (χ4n) is 5.44. The average molecular weight is 234 g/mol. The van der Waals surface area contributed by atoms with Gasteiger partial charge < -0.3 is 5.11 Å². The lowest BCUT2D eigenvalue weighted by Crippen LogP contribution is -2.46. The smallest absolute Gasteiger partial charge is 0.310 e. The number of fused-ring (bicyclic) bond motifs is 5. The number of allylic oxidation sites excluding steroid dienone is 1. The molecule has 0 aromatic carbocycles. The summed E-state index contributed by atoms with van der Waals surface area (Å²) in [6, 6.07) is 0. The van der Waals surface area contributed by atoms with Crippen LogP contribution in [0.4, 0.5) is 0 Å². The van der Waals surface area contributed by atoms with Crippen LogP contribution in [0, 0.1) is 22.2 Å². The first-order valence-electron chi connectivity index (χ1n) is 6.78. The molecule has 0 aliphatic heterocycles. The summed E-state index contributed by atoms with van der Waals surface area (Å²) in [7, 11) is 0. The van der Waals surface area contributed by atoms with E-state index in [0.29, 0.717) is 0 Å². The Morgan fingerprint density at radius 3 is 2.71 bits per heavy atom. The summed E-state index contributed by atoms with van der Waals surface area (Å²) in [6.45, 7) is 8.74. The molecule has 0 aromatic rings. The predicted octanol–water partition coefficient (Wildman–Crippen LogP) is 3.62. The van der Waals surface area contributed by atoms with E-state index >= 15 is 0 Å². The van der Waals surface area contributed by atoms with Crippen LogP contribution in [0.15, 0.2) is 12.2 Å². The van der Waals surface area contributed by atoms with Crippen molar-refractivity contribution in [3.05, 3.63) is 12.2 Å². The van der Waals surface area contributed by atoms with E-state index in [1.165, 1.54) is 5.57 Å². The van der Waals surface area contributed by atoms with Gasteiger partial charge in [0, 0.05) is 0 Å². The Bertz CT molecular complexity index is 413. The van der Waals surface area contributed by atoms with Crippen molar-refractivity contribution in [1.82, 2.24) is 0 Å². The van der Waals surface area contributed by atoms with Crippen molar-refractivity contribution in [2.45, 2.75) is 52.4 Å². The Morgan fingerprint density at radius 2 is 2.06 bits per heavy atom. The maximum atomic E-state index is 12.0. The third-order valence-corrected chi connectivity index (χ3v) is 6.69.